The van der Waals surface area contributed by atoms with E-state index in [-0.39, 0.29) is 17.4 Å². The largest absolute Gasteiger partial charge is 0.354 e. The standard InChI is InChI=1S/C20H26N2OS/c1-16(18-10-6-13-24-18)19(23)21-15-20(2)11-7-12-22(20)14-17-8-4-3-5-9-17/h3-6,8-10,13,16H,7,11-12,14-15H2,1-2H3,(H,21,23)/t16-,20+/m1/s1. The summed E-state index contributed by atoms with van der Waals surface area (Å²) in [6.45, 7) is 7.03. The molecule has 2 aromatic rings. The van der Waals surface area contributed by atoms with E-state index in [0.717, 1.165) is 24.4 Å². The van der Waals surface area contributed by atoms with Crippen LogP contribution in [0.2, 0.25) is 0 Å². The zero-order valence-electron chi connectivity index (χ0n) is 14.5. The van der Waals surface area contributed by atoms with Gasteiger partial charge in [-0.2, -0.15) is 0 Å². The predicted octanol–water partition coefficient (Wildman–Crippen LogP) is 4.02. The summed E-state index contributed by atoms with van der Waals surface area (Å²) in [4.78, 5) is 16.1. The Labute approximate surface area is 148 Å². The molecule has 1 amide bonds. The van der Waals surface area contributed by atoms with Crippen molar-refractivity contribution >= 4 is 17.2 Å². The Hall–Kier alpha value is -1.65. The molecule has 3 rings (SSSR count). The van der Waals surface area contributed by atoms with Gasteiger partial charge >= 0.3 is 0 Å². The first kappa shape index (κ1) is 17.2. The molecule has 1 aliphatic rings. The van der Waals surface area contributed by atoms with Crippen LogP contribution in [0.5, 0.6) is 0 Å². The van der Waals surface area contributed by atoms with E-state index < -0.39 is 0 Å². The molecule has 0 bridgehead atoms. The van der Waals surface area contributed by atoms with Gasteiger partial charge in [0.1, 0.15) is 0 Å². The van der Waals surface area contributed by atoms with Gasteiger partial charge in [-0.1, -0.05) is 36.4 Å². The van der Waals surface area contributed by atoms with E-state index in [4.69, 9.17) is 0 Å². The van der Waals surface area contributed by atoms with Crippen LogP contribution in [-0.4, -0.2) is 29.4 Å². The molecule has 128 valence electrons. The molecule has 0 radical (unpaired) electrons. The van der Waals surface area contributed by atoms with Gasteiger partial charge in [-0.3, -0.25) is 9.69 Å². The third kappa shape index (κ3) is 3.87. The summed E-state index contributed by atoms with van der Waals surface area (Å²) in [5.41, 5.74) is 1.38. The number of carbonyl (C=O) groups is 1. The highest BCUT2D eigenvalue weighted by molar-refractivity contribution is 7.10. The smallest absolute Gasteiger partial charge is 0.228 e. The molecule has 1 aromatic carbocycles. The first-order valence-corrected chi connectivity index (χ1v) is 9.56. The summed E-state index contributed by atoms with van der Waals surface area (Å²) in [6, 6.07) is 14.6. The lowest BCUT2D eigenvalue weighted by molar-refractivity contribution is -0.122. The van der Waals surface area contributed by atoms with Gasteiger partial charge < -0.3 is 5.32 Å². The summed E-state index contributed by atoms with van der Waals surface area (Å²) in [5.74, 6) is 0.0582. The predicted molar refractivity (Wildman–Crippen MR) is 100 cm³/mol. The maximum Gasteiger partial charge on any atom is 0.228 e. The van der Waals surface area contributed by atoms with Crippen LogP contribution in [0.1, 0.15) is 43.0 Å². The average molecular weight is 343 g/mol. The molecule has 0 aliphatic carbocycles. The topological polar surface area (TPSA) is 32.3 Å². The van der Waals surface area contributed by atoms with Crippen LogP contribution >= 0.6 is 11.3 Å². The molecule has 1 saturated heterocycles. The summed E-state index contributed by atoms with van der Waals surface area (Å²) in [5, 5.41) is 5.22. The summed E-state index contributed by atoms with van der Waals surface area (Å²) >= 11 is 1.65. The van der Waals surface area contributed by atoms with E-state index in [2.05, 4.69) is 47.5 Å². The Morgan fingerprint density at radius 2 is 2.08 bits per heavy atom. The molecular formula is C20H26N2OS. The molecule has 1 aromatic heterocycles. The van der Waals surface area contributed by atoms with E-state index in [1.807, 2.05) is 24.4 Å². The Morgan fingerprint density at radius 1 is 1.29 bits per heavy atom. The van der Waals surface area contributed by atoms with Gasteiger partial charge in [0.15, 0.2) is 0 Å². The second kappa shape index (κ2) is 7.49. The molecule has 2 heterocycles. The SMILES string of the molecule is C[C@@H](C(=O)NC[C@]1(C)CCCN1Cc1ccccc1)c1cccs1. The molecule has 0 saturated carbocycles. The number of nitrogens with zero attached hydrogens (tertiary/aromatic N) is 1. The van der Waals surface area contributed by atoms with Crippen molar-refractivity contribution in [1.29, 1.82) is 0 Å². The Balaban J connectivity index is 1.59. The van der Waals surface area contributed by atoms with Crippen molar-refractivity contribution in [1.82, 2.24) is 10.2 Å². The van der Waals surface area contributed by atoms with E-state index >= 15 is 0 Å². The van der Waals surface area contributed by atoms with E-state index in [1.54, 1.807) is 11.3 Å². The minimum atomic E-state index is -0.0717. The summed E-state index contributed by atoms with van der Waals surface area (Å²) in [6.07, 6.45) is 2.33. The van der Waals surface area contributed by atoms with Crippen molar-refractivity contribution in [3.63, 3.8) is 0 Å². The minimum absolute atomic E-state index is 0.0423. The number of likely N-dealkylation sites (tertiary alicyclic amines) is 1. The lowest BCUT2D eigenvalue weighted by Gasteiger charge is -2.36. The lowest BCUT2D eigenvalue weighted by Crippen LogP contribution is -2.50. The Bertz CT molecular complexity index is 656. The molecule has 1 fully saturated rings. The number of hydrogen-bond donors (Lipinski definition) is 1. The molecule has 1 aliphatic heterocycles. The van der Waals surface area contributed by atoms with Gasteiger partial charge in [0.05, 0.1) is 5.92 Å². The van der Waals surface area contributed by atoms with Crippen LogP contribution in [0, 0.1) is 0 Å². The number of amides is 1. The normalized spacial score (nSPS) is 22.4. The second-order valence-corrected chi connectivity index (χ2v) is 7.94. The third-order valence-corrected chi connectivity index (χ3v) is 6.18. The van der Waals surface area contributed by atoms with E-state index in [1.165, 1.54) is 12.0 Å². The van der Waals surface area contributed by atoms with Crippen molar-refractivity contribution in [3.05, 3.63) is 58.3 Å². The molecule has 3 nitrogen and oxygen atoms in total. The molecule has 0 spiro atoms. The second-order valence-electron chi connectivity index (χ2n) is 6.96. The molecule has 2 atom stereocenters. The van der Waals surface area contributed by atoms with E-state index in [0.29, 0.717) is 6.54 Å². The van der Waals surface area contributed by atoms with Crippen molar-refractivity contribution in [3.8, 4) is 0 Å². The lowest BCUT2D eigenvalue weighted by atomic mass is 9.97. The maximum absolute atomic E-state index is 12.5. The molecular weight excluding hydrogens is 316 g/mol. The van der Waals surface area contributed by atoms with Crippen molar-refractivity contribution in [2.24, 2.45) is 0 Å². The van der Waals surface area contributed by atoms with Crippen LogP contribution in [0.3, 0.4) is 0 Å². The number of nitrogens with one attached hydrogen (secondary N) is 1. The molecule has 1 N–H and O–H groups in total. The highest BCUT2D eigenvalue weighted by Gasteiger charge is 2.36. The van der Waals surface area contributed by atoms with Gasteiger partial charge in [0, 0.05) is 23.5 Å². The van der Waals surface area contributed by atoms with Gasteiger partial charge in [0.25, 0.3) is 0 Å². The number of hydrogen-bond acceptors (Lipinski definition) is 3. The highest BCUT2D eigenvalue weighted by atomic mass is 32.1. The Morgan fingerprint density at radius 3 is 2.79 bits per heavy atom. The van der Waals surface area contributed by atoms with Crippen molar-refractivity contribution in [2.75, 3.05) is 13.1 Å². The van der Waals surface area contributed by atoms with Gasteiger partial charge in [-0.05, 0) is 50.2 Å². The van der Waals surface area contributed by atoms with Crippen molar-refractivity contribution in [2.45, 2.75) is 44.7 Å². The zero-order chi connectivity index (χ0) is 17.0. The molecule has 24 heavy (non-hydrogen) atoms. The number of carbonyl (C=O) groups excluding carboxylic acids is 1. The van der Waals surface area contributed by atoms with Crippen LogP contribution in [0.25, 0.3) is 0 Å². The quantitative estimate of drug-likeness (QED) is 0.860. The highest BCUT2D eigenvalue weighted by Crippen LogP contribution is 2.30. The summed E-state index contributed by atoms with van der Waals surface area (Å²) in [7, 11) is 0. The number of benzene rings is 1. The maximum atomic E-state index is 12.5. The zero-order valence-corrected chi connectivity index (χ0v) is 15.3. The first-order chi connectivity index (χ1) is 11.6. The summed E-state index contributed by atoms with van der Waals surface area (Å²) < 4.78 is 0. The van der Waals surface area contributed by atoms with Crippen molar-refractivity contribution < 1.29 is 4.79 Å². The first-order valence-electron chi connectivity index (χ1n) is 8.68. The van der Waals surface area contributed by atoms with Gasteiger partial charge in [-0.25, -0.2) is 0 Å². The Kier molecular flexibility index (Phi) is 5.36. The fourth-order valence-electron chi connectivity index (χ4n) is 3.45. The minimum Gasteiger partial charge on any atom is -0.354 e. The van der Waals surface area contributed by atoms with Crippen LogP contribution < -0.4 is 5.32 Å². The van der Waals surface area contributed by atoms with E-state index in [9.17, 15) is 4.79 Å². The molecule has 0 unspecified atom stereocenters. The van der Waals surface area contributed by atoms with Gasteiger partial charge in [0.2, 0.25) is 5.91 Å². The van der Waals surface area contributed by atoms with Gasteiger partial charge in [-0.15, -0.1) is 11.3 Å². The number of thiophene rings is 1. The van der Waals surface area contributed by atoms with Crippen LogP contribution in [-0.2, 0) is 11.3 Å². The fourth-order valence-corrected chi connectivity index (χ4v) is 4.23. The number of rotatable bonds is 6. The van der Waals surface area contributed by atoms with Crippen LogP contribution in [0.4, 0.5) is 0 Å². The monoisotopic (exact) mass is 342 g/mol. The third-order valence-electron chi connectivity index (χ3n) is 5.13. The average Bonchev–Trinajstić information content (AvgIpc) is 3.24. The molecule has 4 heteroatoms. The fraction of sp³-hybridized carbons (Fsp3) is 0.450. The van der Waals surface area contributed by atoms with Crippen LogP contribution in [0.15, 0.2) is 47.8 Å².